The van der Waals surface area contributed by atoms with Crippen LogP contribution in [0.1, 0.15) is 18.4 Å². The van der Waals surface area contributed by atoms with Gasteiger partial charge in [0.1, 0.15) is 11.1 Å². The lowest BCUT2D eigenvalue weighted by Crippen LogP contribution is -2.41. The molecule has 136 valence electrons. The normalized spacial score (nSPS) is 18.2. The predicted octanol–water partition coefficient (Wildman–Crippen LogP) is 3.09. The maximum Gasteiger partial charge on any atom is 0.244 e. The van der Waals surface area contributed by atoms with Gasteiger partial charge in [-0.1, -0.05) is 23.7 Å². The minimum absolute atomic E-state index is 0.0332. The highest BCUT2D eigenvalue weighted by Crippen LogP contribution is 2.27. The lowest BCUT2D eigenvalue weighted by Gasteiger charge is -2.31. The number of aromatic nitrogens is 1. The Bertz CT molecular complexity index is 927. The van der Waals surface area contributed by atoms with Crippen molar-refractivity contribution in [3.63, 3.8) is 0 Å². The van der Waals surface area contributed by atoms with Gasteiger partial charge in [0.15, 0.2) is 0 Å². The predicted molar refractivity (Wildman–Crippen MR) is 97.4 cm³/mol. The number of nitriles is 1. The molecular weight excluding hydrogens is 374 g/mol. The summed E-state index contributed by atoms with van der Waals surface area (Å²) >= 11 is 6.03. The van der Waals surface area contributed by atoms with Crippen LogP contribution < -0.4 is 4.74 Å². The third-order valence-electron chi connectivity index (χ3n) is 4.29. The molecule has 0 aliphatic carbocycles. The second kappa shape index (κ2) is 8.04. The van der Waals surface area contributed by atoms with Gasteiger partial charge in [-0.15, -0.1) is 0 Å². The van der Waals surface area contributed by atoms with Crippen LogP contribution in [0.4, 0.5) is 0 Å². The first kappa shape index (κ1) is 18.6. The van der Waals surface area contributed by atoms with Crippen molar-refractivity contribution in [2.75, 3.05) is 19.7 Å². The Balaban J connectivity index is 1.72. The van der Waals surface area contributed by atoms with Crippen molar-refractivity contribution in [1.82, 2.24) is 9.29 Å². The zero-order valence-electron chi connectivity index (χ0n) is 14.0. The second-order valence-corrected chi connectivity index (χ2v) is 8.39. The van der Waals surface area contributed by atoms with Gasteiger partial charge in [0.05, 0.1) is 17.1 Å². The molecule has 0 bridgehead atoms. The summed E-state index contributed by atoms with van der Waals surface area (Å²) in [6, 6.07) is 11.6. The van der Waals surface area contributed by atoms with E-state index in [1.54, 1.807) is 30.5 Å². The number of hydrogen-bond acceptors (Lipinski definition) is 5. The summed E-state index contributed by atoms with van der Waals surface area (Å²) < 4.78 is 33.0. The molecule has 8 heteroatoms. The smallest absolute Gasteiger partial charge is 0.244 e. The van der Waals surface area contributed by atoms with Gasteiger partial charge < -0.3 is 4.74 Å². The number of hydrogen-bond donors (Lipinski definition) is 0. The maximum absolute atomic E-state index is 12.9. The molecule has 3 rings (SSSR count). The number of piperidine rings is 1. The quantitative estimate of drug-likeness (QED) is 0.782. The molecule has 1 unspecified atom stereocenters. The average molecular weight is 392 g/mol. The first-order valence-corrected chi connectivity index (χ1v) is 10.1. The minimum atomic E-state index is -3.72. The van der Waals surface area contributed by atoms with Crippen LogP contribution >= 0.6 is 11.6 Å². The molecule has 1 fully saturated rings. The van der Waals surface area contributed by atoms with Crippen molar-refractivity contribution in [3.05, 3.63) is 53.2 Å². The second-order valence-electron chi connectivity index (χ2n) is 6.08. The molecule has 0 radical (unpaired) electrons. The first-order valence-electron chi connectivity index (χ1n) is 8.25. The zero-order chi connectivity index (χ0) is 18.6. The van der Waals surface area contributed by atoms with Crippen molar-refractivity contribution in [2.45, 2.75) is 17.7 Å². The number of halogens is 1. The summed E-state index contributed by atoms with van der Waals surface area (Å²) in [5.74, 6) is 0.384. The summed E-state index contributed by atoms with van der Waals surface area (Å²) in [5, 5.41) is 9.62. The number of ether oxygens (including phenoxy) is 1. The lowest BCUT2D eigenvalue weighted by molar-refractivity contribution is 0.176. The monoisotopic (exact) mass is 391 g/mol. The first-order chi connectivity index (χ1) is 12.5. The van der Waals surface area contributed by atoms with Gasteiger partial charge in [-0.05, 0) is 37.1 Å². The van der Waals surface area contributed by atoms with Crippen LogP contribution in [-0.4, -0.2) is 37.4 Å². The van der Waals surface area contributed by atoms with Gasteiger partial charge in [-0.3, -0.25) is 0 Å². The van der Waals surface area contributed by atoms with Crippen molar-refractivity contribution < 1.29 is 13.2 Å². The summed E-state index contributed by atoms with van der Waals surface area (Å²) in [4.78, 5) is 4.13. The van der Waals surface area contributed by atoms with Gasteiger partial charge in [0.2, 0.25) is 15.9 Å². The Hall–Kier alpha value is -2.14. The van der Waals surface area contributed by atoms with E-state index in [4.69, 9.17) is 16.3 Å². The highest BCUT2D eigenvalue weighted by Gasteiger charge is 2.32. The van der Waals surface area contributed by atoms with E-state index in [9.17, 15) is 13.7 Å². The minimum Gasteiger partial charge on any atom is -0.476 e. The molecule has 1 aromatic heterocycles. The van der Waals surface area contributed by atoms with Crippen LogP contribution in [0, 0.1) is 17.2 Å². The largest absolute Gasteiger partial charge is 0.476 e. The number of rotatable bonds is 5. The molecule has 0 N–H and O–H groups in total. The van der Waals surface area contributed by atoms with Gasteiger partial charge in [0.25, 0.3) is 0 Å². The van der Waals surface area contributed by atoms with Crippen LogP contribution in [0.15, 0.2) is 47.5 Å². The Morgan fingerprint density at radius 2 is 2.12 bits per heavy atom. The van der Waals surface area contributed by atoms with Crippen molar-refractivity contribution in [1.29, 1.82) is 5.26 Å². The fraction of sp³-hybridized carbons (Fsp3) is 0.333. The Labute approximate surface area is 158 Å². The molecule has 6 nitrogen and oxygen atoms in total. The van der Waals surface area contributed by atoms with Gasteiger partial charge >= 0.3 is 0 Å². The highest BCUT2D eigenvalue weighted by atomic mass is 35.5. The lowest BCUT2D eigenvalue weighted by atomic mass is 10.0. The Morgan fingerprint density at radius 3 is 2.88 bits per heavy atom. The van der Waals surface area contributed by atoms with Crippen LogP contribution in [0.5, 0.6) is 5.88 Å². The SMILES string of the molecule is N#Cc1ccccc1S(=O)(=O)N1CCCC(COc2ncccc2Cl)C1. The van der Waals surface area contributed by atoms with E-state index in [0.29, 0.717) is 30.6 Å². The third kappa shape index (κ3) is 3.98. The molecule has 0 spiro atoms. The molecule has 2 heterocycles. The van der Waals surface area contributed by atoms with Gasteiger partial charge in [0, 0.05) is 25.2 Å². The van der Waals surface area contributed by atoms with E-state index in [-0.39, 0.29) is 16.4 Å². The molecule has 0 amide bonds. The molecule has 0 saturated carbocycles. The Kier molecular flexibility index (Phi) is 5.77. The molecule has 1 aliphatic heterocycles. The molecule has 1 atom stereocenters. The average Bonchev–Trinajstić information content (AvgIpc) is 2.67. The summed E-state index contributed by atoms with van der Waals surface area (Å²) in [6.45, 7) is 1.11. The maximum atomic E-state index is 12.9. The van der Waals surface area contributed by atoms with Gasteiger partial charge in [-0.25, -0.2) is 13.4 Å². The number of nitrogens with zero attached hydrogens (tertiary/aromatic N) is 3. The summed E-state index contributed by atoms with van der Waals surface area (Å²) in [7, 11) is -3.72. The van der Waals surface area contributed by atoms with Gasteiger partial charge in [-0.2, -0.15) is 9.57 Å². The number of pyridine rings is 1. The number of benzene rings is 1. The molecule has 1 aliphatic rings. The molecular formula is C18H18ClN3O3S. The van der Waals surface area contributed by atoms with E-state index >= 15 is 0 Å². The highest BCUT2D eigenvalue weighted by molar-refractivity contribution is 7.89. The van der Waals surface area contributed by atoms with Crippen LogP contribution in [0.2, 0.25) is 5.02 Å². The molecule has 1 aromatic carbocycles. The van der Waals surface area contributed by atoms with E-state index in [1.165, 1.54) is 16.4 Å². The topological polar surface area (TPSA) is 83.3 Å². The zero-order valence-corrected chi connectivity index (χ0v) is 15.6. The van der Waals surface area contributed by atoms with Crippen LogP contribution in [0.3, 0.4) is 0 Å². The van der Waals surface area contributed by atoms with Crippen LogP contribution in [0.25, 0.3) is 0 Å². The van der Waals surface area contributed by atoms with E-state index in [1.807, 2.05) is 6.07 Å². The van der Waals surface area contributed by atoms with Crippen molar-refractivity contribution in [2.24, 2.45) is 5.92 Å². The van der Waals surface area contributed by atoms with E-state index < -0.39 is 10.0 Å². The van der Waals surface area contributed by atoms with Crippen LogP contribution in [-0.2, 0) is 10.0 Å². The fourth-order valence-corrected chi connectivity index (χ4v) is 4.85. The van der Waals surface area contributed by atoms with E-state index in [2.05, 4.69) is 4.98 Å². The van der Waals surface area contributed by atoms with E-state index in [0.717, 1.165) is 12.8 Å². The molecule has 1 saturated heterocycles. The van der Waals surface area contributed by atoms with Crippen molar-refractivity contribution >= 4 is 21.6 Å². The molecule has 2 aromatic rings. The summed E-state index contributed by atoms with van der Waals surface area (Å²) in [5.41, 5.74) is 0.158. The Morgan fingerprint density at radius 1 is 1.31 bits per heavy atom. The summed E-state index contributed by atoms with van der Waals surface area (Å²) in [6.07, 6.45) is 3.19. The fourth-order valence-electron chi connectivity index (χ4n) is 2.98. The van der Waals surface area contributed by atoms with Crippen molar-refractivity contribution in [3.8, 4) is 11.9 Å². The third-order valence-corrected chi connectivity index (χ3v) is 6.50. The molecule has 26 heavy (non-hydrogen) atoms. The number of sulfonamides is 1. The standard InChI is InChI=1S/C18H18ClN3O3S/c19-16-7-3-9-21-18(16)25-13-14-5-4-10-22(12-14)26(23,24)17-8-2-1-6-15(17)11-20/h1-3,6-9,14H,4-5,10,12-13H2.